The second kappa shape index (κ2) is 9.83. The predicted molar refractivity (Wildman–Crippen MR) is 82.8 cm³/mol. The second-order valence-electron chi connectivity index (χ2n) is 4.41. The fourth-order valence-corrected chi connectivity index (χ4v) is 1.70. The Morgan fingerprint density at radius 2 is 1.80 bits per heavy atom. The minimum atomic E-state index is -0.0159. The normalized spacial score (nSPS) is 11.0. The van der Waals surface area contributed by atoms with Gasteiger partial charge in [-0.1, -0.05) is 30.3 Å². The Balaban J connectivity index is 2.32. The van der Waals surface area contributed by atoms with Crippen LogP contribution < -0.4 is 16.0 Å². The van der Waals surface area contributed by atoms with E-state index in [1.807, 2.05) is 25.1 Å². The Kier molecular flexibility index (Phi) is 7.87. The van der Waals surface area contributed by atoms with Crippen LogP contribution in [0.1, 0.15) is 19.4 Å². The zero-order valence-electron chi connectivity index (χ0n) is 12.3. The van der Waals surface area contributed by atoms with E-state index in [0.29, 0.717) is 13.1 Å². The van der Waals surface area contributed by atoms with Gasteiger partial charge in [-0.3, -0.25) is 9.79 Å². The summed E-state index contributed by atoms with van der Waals surface area (Å²) >= 11 is 0. The number of carbonyl (C=O) groups excluding carboxylic acids is 1. The van der Waals surface area contributed by atoms with Crippen molar-refractivity contribution in [3.05, 3.63) is 35.9 Å². The Bertz CT molecular complexity index is 417. The largest absolute Gasteiger partial charge is 0.357 e. The average molecular weight is 276 g/mol. The Morgan fingerprint density at radius 3 is 2.45 bits per heavy atom. The molecule has 0 aliphatic heterocycles. The van der Waals surface area contributed by atoms with Gasteiger partial charge in [-0.25, -0.2) is 0 Å². The molecule has 1 aromatic rings. The highest BCUT2D eigenvalue weighted by Gasteiger charge is 1.97. The van der Waals surface area contributed by atoms with Crippen molar-refractivity contribution in [1.82, 2.24) is 16.0 Å². The topological polar surface area (TPSA) is 65.5 Å². The number of hydrogen-bond acceptors (Lipinski definition) is 2. The summed E-state index contributed by atoms with van der Waals surface area (Å²) in [5.41, 5.74) is 1.28. The van der Waals surface area contributed by atoms with E-state index in [4.69, 9.17) is 0 Å². The number of carbonyl (C=O) groups is 1. The van der Waals surface area contributed by atoms with Crippen LogP contribution in [0.4, 0.5) is 0 Å². The average Bonchev–Trinajstić information content (AvgIpc) is 2.44. The monoisotopic (exact) mass is 276 g/mol. The first-order valence-corrected chi connectivity index (χ1v) is 7.03. The number of nitrogens with zero attached hydrogens (tertiary/aromatic N) is 1. The molecular weight excluding hydrogens is 252 g/mol. The van der Waals surface area contributed by atoms with Crippen LogP contribution in [0.15, 0.2) is 35.3 Å². The van der Waals surface area contributed by atoms with E-state index in [-0.39, 0.29) is 5.91 Å². The molecule has 0 heterocycles. The predicted octanol–water partition coefficient (Wildman–Crippen LogP) is 0.920. The van der Waals surface area contributed by atoms with E-state index in [9.17, 15) is 4.79 Å². The summed E-state index contributed by atoms with van der Waals surface area (Å²) in [6, 6.07) is 10.3. The maximum absolute atomic E-state index is 10.8. The summed E-state index contributed by atoms with van der Waals surface area (Å²) in [5, 5.41) is 9.11. The molecule has 5 nitrogen and oxygen atoms in total. The highest BCUT2D eigenvalue weighted by atomic mass is 16.1. The summed E-state index contributed by atoms with van der Waals surface area (Å²) in [4.78, 5) is 15.3. The summed E-state index contributed by atoms with van der Waals surface area (Å²) < 4.78 is 0. The molecule has 5 heteroatoms. The second-order valence-corrected chi connectivity index (χ2v) is 4.41. The Morgan fingerprint density at radius 1 is 1.10 bits per heavy atom. The first-order chi connectivity index (χ1) is 9.72. The van der Waals surface area contributed by atoms with Gasteiger partial charge in [0.25, 0.3) is 0 Å². The molecule has 0 atom stereocenters. The molecule has 0 unspecified atom stereocenters. The lowest BCUT2D eigenvalue weighted by Gasteiger charge is -2.11. The van der Waals surface area contributed by atoms with Crippen LogP contribution in [0.25, 0.3) is 0 Å². The molecule has 0 radical (unpaired) electrons. The van der Waals surface area contributed by atoms with Crippen molar-refractivity contribution in [1.29, 1.82) is 0 Å². The summed E-state index contributed by atoms with van der Waals surface area (Å²) in [6.45, 7) is 6.35. The van der Waals surface area contributed by atoms with Gasteiger partial charge >= 0.3 is 0 Å². The Labute approximate surface area is 120 Å². The van der Waals surface area contributed by atoms with Crippen LogP contribution in [0, 0.1) is 0 Å². The van der Waals surface area contributed by atoms with Crippen molar-refractivity contribution in [2.45, 2.75) is 20.3 Å². The van der Waals surface area contributed by atoms with Crippen molar-refractivity contribution >= 4 is 11.9 Å². The molecule has 0 saturated carbocycles. The number of guanidine groups is 1. The van der Waals surface area contributed by atoms with Gasteiger partial charge in [0.2, 0.25) is 5.91 Å². The van der Waals surface area contributed by atoms with Crippen molar-refractivity contribution in [3.63, 3.8) is 0 Å². The molecule has 110 valence electrons. The maximum Gasteiger partial charge on any atom is 0.216 e. The molecule has 20 heavy (non-hydrogen) atoms. The maximum atomic E-state index is 10.8. The van der Waals surface area contributed by atoms with Gasteiger partial charge in [0.15, 0.2) is 5.96 Å². The van der Waals surface area contributed by atoms with E-state index in [0.717, 1.165) is 25.5 Å². The van der Waals surface area contributed by atoms with Crippen LogP contribution >= 0.6 is 0 Å². The van der Waals surface area contributed by atoms with E-state index < -0.39 is 0 Å². The molecule has 1 aromatic carbocycles. The number of amides is 1. The fraction of sp³-hybridized carbons (Fsp3) is 0.467. The highest BCUT2D eigenvalue weighted by molar-refractivity contribution is 5.79. The molecule has 0 saturated heterocycles. The molecule has 0 bridgehead atoms. The van der Waals surface area contributed by atoms with Crippen molar-refractivity contribution in [3.8, 4) is 0 Å². The minimum absolute atomic E-state index is 0.0159. The third kappa shape index (κ3) is 7.41. The van der Waals surface area contributed by atoms with E-state index in [1.54, 1.807) is 0 Å². The molecule has 0 aliphatic carbocycles. The molecular formula is C15H24N4O. The molecule has 3 N–H and O–H groups in total. The van der Waals surface area contributed by atoms with Crippen LogP contribution in [-0.4, -0.2) is 38.0 Å². The third-order valence-electron chi connectivity index (χ3n) is 2.65. The van der Waals surface area contributed by atoms with E-state index in [2.05, 4.69) is 33.1 Å². The molecule has 0 fully saturated rings. The summed E-state index contributed by atoms with van der Waals surface area (Å²) in [5.74, 6) is 0.770. The van der Waals surface area contributed by atoms with Gasteiger partial charge in [0.05, 0.1) is 0 Å². The zero-order chi connectivity index (χ0) is 14.6. The van der Waals surface area contributed by atoms with Gasteiger partial charge in [-0.15, -0.1) is 0 Å². The first-order valence-electron chi connectivity index (χ1n) is 7.03. The lowest BCUT2D eigenvalue weighted by atomic mass is 10.2. The molecule has 0 aliphatic rings. The first kappa shape index (κ1) is 16.0. The van der Waals surface area contributed by atoms with Gasteiger partial charge < -0.3 is 16.0 Å². The number of hydrogen-bond donors (Lipinski definition) is 3. The summed E-state index contributed by atoms with van der Waals surface area (Å²) in [7, 11) is 0. The van der Waals surface area contributed by atoms with Gasteiger partial charge in [0, 0.05) is 33.1 Å². The molecule has 0 aromatic heterocycles. The Hall–Kier alpha value is -2.04. The standard InChI is InChI=1S/C15H24N4O/c1-3-16-15(19-12-11-17-13(2)20)18-10-9-14-7-5-4-6-8-14/h4-8H,3,9-12H2,1-2H3,(H,17,20)(H2,16,18,19). The fourth-order valence-electron chi connectivity index (χ4n) is 1.70. The number of rotatable bonds is 7. The quantitative estimate of drug-likeness (QED) is 0.394. The van der Waals surface area contributed by atoms with Crippen LogP contribution in [0.5, 0.6) is 0 Å². The van der Waals surface area contributed by atoms with E-state index >= 15 is 0 Å². The number of aliphatic imine (C=N–C) groups is 1. The number of nitrogens with one attached hydrogen (secondary N) is 3. The number of benzene rings is 1. The SMILES string of the molecule is CCNC(=NCCc1ccccc1)NCCNC(C)=O. The van der Waals surface area contributed by atoms with Crippen LogP contribution in [0.3, 0.4) is 0 Å². The van der Waals surface area contributed by atoms with Crippen molar-refractivity contribution < 1.29 is 4.79 Å². The summed E-state index contributed by atoms with van der Waals surface area (Å²) in [6.07, 6.45) is 0.920. The van der Waals surface area contributed by atoms with Crippen molar-refractivity contribution in [2.75, 3.05) is 26.2 Å². The van der Waals surface area contributed by atoms with Crippen LogP contribution in [0.2, 0.25) is 0 Å². The molecule has 1 amide bonds. The van der Waals surface area contributed by atoms with E-state index in [1.165, 1.54) is 12.5 Å². The molecule has 1 rings (SSSR count). The highest BCUT2D eigenvalue weighted by Crippen LogP contribution is 1.99. The third-order valence-corrected chi connectivity index (χ3v) is 2.65. The minimum Gasteiger partial charge on any atom is -0.357 e. The lowest BCUT2D eigenvalue weighted by Crippen LogP contribution is -2.41. The smallest absolute Gasteiger partial charge is 0.216 e. The van der Waals surface area contributed by atoms with Gasteiger partial charge in [-0.2, -0.15) is 0 Å². The van der Waals surface area contributed by atoms with Gasteiger partial charge in [-0.05, 0) is 18.9 Å². The van der Waals surface area contributed by atoms with Crippen molar-refractivity contribution in [2.24, 2.45) is 4.99 Å². The molecule has 0 spiro atoms. The zero-order valence-corrected chi connectivity index (χ0v) is 12.3. The van der Waals surface area contributed by atoms with Crippen LogP contribution in [-0.2, 0) is 11.2 Å². The lowest BCUT2D eigenvalue weighted by molar-refractivity contribution is -0.118. The van der Waals surface area contributed by atoms with Gasteiger partial charge in [0.1, 0.15) is 0 Å².